The molecule has 0 radical (unpaired) electrons. The predicted molar refractivity (Wildman–Crippen MR) is 104 cm³/mol. The summed E-state index contributed by atoms with van der Waals surface area (Å²) in [6, 6.07) is 14.6. The normalized spacial score (nSPS) is 10.2. The van der Waals surface area contributed by atoms with Gasteiger partial charge in [0.25, 0.3) is 0 Å². The molecular formula is C16H13IN4O2S. The minimum absolute atomic E-state index is 0.381. The summed E-state index contributed by atoms with van der Waals surface area (Å²) in [5.41, 5.74) is 1.63. The van der Waals surface area contributed by atoms with Gasteiger partial charge in [0.2, 0.25) is 5.13 Å². The number of carbonyl (C=O) groups is 1. The molecule has 6 nitrogen and oxygen atoms in total. The minimum atomic E-state index is -0.381. The number of benzene rings is 2. The van der Waals surface area contributed by atoms with Crippen LogP contribution in [0.4, 0.5) is 15.6 Å². The van der Waals surface area contributed by atoms with Crippen LogP contribution >= 0.6 is 33.9 Å². The van der Waals surface area contributed by atoms with E-state index in [0.29, 0.717) is 16.6 Å². The number of carbonyl (C=O) groups excluding carboxylic acids is 1. The third-order valence-corrected chi connectivity index (χ3v) is 4.89. The Morgan fingerprint density at radius 3 is 2.75 bits per heavy atom. The summed E-state index contributed by atoms with van der Waals surface area (Å²) in [5, 5.41) is 14.8. The zero-order valence-corrected chi connectivity index (χ0v) is 15.6. The number of nitrogens with one attached hydrogen (secondary N) is 2. The Kier molecular flexibility index (Phi) is 5.26. The first-order valence-corrected chi connectivity index (χ1v) is 8.85. The molecule has 2 aromatic carbocycles. The molecule has 2 amide bonds. The number of halogens is 1. The van der Waals surface area contributed by atoms with Crippen molar-refractivity contribution in [2.45, 2.75) is 0 Å². The van der Waals surface area contributed by atoms with Gasteiger partial charge in [-0.1, -0.05) is 35.6 Å². The Morgan fingerprint density at radius 2 is 1.96 bits per heavy atom. The van der Waals surface area contributed by atoms with Crippen molar-refractivity contribution in [2.75, 3.05) is 17.7 Å². The van der Waals surface area contributed by atoms with Crippen molar-refractivity contribution >= 4 is 50.8 Å². The van der Waals surface area contributed by atoms with E-state index in [4.69, 9.17) is 4.74 Å². The van der Waals surface area contributed by atoms with E-state index in [1.54, 1.807) is 25.3 Å². The van der Waals surface area contributed by atoms with Gasteiger partial charge in [0.05, 0.1) is 7.11 Å². The number of aromatic nitrogens is 2. The van der Waals surface area contributed by atoms with E-state index in [0.717, 1.165) is 14.1 Å². The highest BCUT2D eigenvalue weighted by molar-refractivity contribution is 14.1. The van der Waals surface area contributed by atoms with Crippen molar-refractivity contribution in [1.29, 1.82) is 0 Å². The Bertz CT molecular complexity index is 869. The van der Waals surface area contributed by atoms with Gasteiger partial charge in [-0.25, -0.2) is 4.79 Å². The van der Waals surface area contributed by atoms with Gasteiger partial charge in [-0.3, -0.25) is 5.32 Å². The van der Waals surface area contributed by atoms with Crippen LogP contribution in [0.2, 0.25) is 0 Å². The van der Waals surface area contributed by atoms with E-state index in [-0.39, 0.29) is 6.03 Å². The SMILES string of the molecule is COc1cccc(NC(=O)Nc2nnc(-c3ccccc3I)s2)c1. The van der Waals surface area contributed by atoms with Crippen molar-refractivity contribution in [3.05, 3.63) is 52.1 Å². The van der Waals surface area contributed by atoms with E-state index in [1.807, 2.05) is 30.3 Å². The summed E-state index contributed by atoms with van der Waals surface area (Å²) in [7, 11) is 1.58. The van der Waals surface area contributed by atoms with Gasteiger partial charge in [-0.15, -0.1) is 10.2 Å². The summed E-state index contributed by atoms with van der Waals surface area (Å²) in [6.45, 7) is 0. The average molecular weight is 452 g/mol. The molecule has 0 aliphatic rings. The second-order valence-electron chi connectivity index (χ2n) is 4.70. The lowest BCUT2D eigenvalue weighted by molar-refractivity contribution is 0.262. The highest BCUT2D eigenvalue weighted by Gasteiger charge is 2.11. The molecule has 2 N–H and O–H groups in total. The molecule has 122 valence electrons. The fraction of sp³-hybridized carbons (Fsp3) is 0.0625. The molecule has 3 rings (SSSR count). The fourth-order valence-corrected chi connectivity index (χ4v) is 3.58. The smallest absolute Gasteiger partial charge is 0.325 e. The lowest BCUT2D eigenvalue weighted by Gasteiger charge is -2.06. The number of ether oxygens (including phenoxy) is 1. The van der Waals surface area contributed by atoms with Crippen LogP contribution < -0.4 is 15.4 Å². The second-order valence-corrected chi connectivity index (χ2v) is 6.84. The Labute approximate surface area is 156 Å². The molecule has 0 aliphatic heterocycles. The van der Waals surface area contributed by atoms with E-state index >= 15 is 0 Å². The number of nitrogens with zero attached hydrogens (tertiary/aromatic N) is 2. The summed E-state index contributed by atoms with van der Waals surface area (Å²) in [5.74, 6) is 0.671. The van der Waals surface area contributed by atoms with Crippen LogP contribution in [0.1, 0.15) is 0 Å². The number of hydrogen-bond donors (Lipinski definition) is 2. The third kappa shape index (κ3) is 4.01. The van der Waals surface area contributed by atoms with Gasteiger partial charge in [-0.05, 0) is 40.8 Å². The third-order valence-electron chi connectivity index (χ3n) is 3.08. The van der Waals surface area contributed by atoms with Crippen molar-refractivity contribution < 1.29 is 9.53 Å². The first-order valence-electron chi connectivity index (χ1n) is 6.96. The first kappa shape index (κ1) is 16.7. The van der Waals surface area contributed by atoms with Crippen LogP contribution in [0.5, 0.6) is 5.75 Å². The fourth-order valence-electron chi connectivity index (χ4n) is 1.98. The molecule has 0 unspecified atom stereocenters. The van der Waals surface area contributed by atoms with Crippen molar-refractivity contribution in [2.24, 2.45) is 0 Å². The van der Waals surface area contributed by atoms with Crippen LogP contribution in [-0.2, 0) is 0 Å². The number of rotatable bonds is 4. The van der Waals surface area contributed by atoms with Crippen LogP contribution in [0.3, 0.4) is 0 Å². The Hall–Kier alpha value is -2.20. The molecule has 0 aliphatic carbocycles. The molecule has 1 aromatic heterocycles. The number of amides is 2. The molecule has 8 heteroatoms. The highest BCUT2D eigenvalue weighted by Crippen LogP contribution is 2.29. The zero-order chi connectivity index (χ0) is 16.9. The topological polar surface area (TPSA) is 76.1 Å². The molecule has 0 spiro atoms. The lowest BCUT2D eigenvalue weighted by Crippen LogP contribution is -2.19. The summed E-state index contributed by atoms with van der Waals surface area (Å²) in [6.07, 6.45) is 0. The molecule has 0 atom stereocenters. The number of hydrogen-bond acceptors (Lipinski definition) is 5. The van der Waals surface area contributed by atoms with Crippen LogP contribution in [0.25, 0.3) is 10.6 Å². The highest BCUT2D eigenvalue weighted by atomic mass is 127. The van der Waals surface area contributed by atoms with Crippen molar-refractivity contribution in [3.63, 3.8) is 0 Å². The van der Waals surface area contributed by atoms with Crippen LogP contribution in [0, 0.1) is 3.57 Å². The maximum absolute atomic E-state index is 12.1. The zero-order valence-electron chi connectivity index (χ0n) is 12.6. The van der Waals surface area contributed by atoms with Gasteiger partial charge in [0.1, 0.15) is 5.75 Å². The van der Waals surface area contributed by atoms with Crippen molar-refractivity contribution in [1.82, 2.24) is 10.2 Å². The van der Waals surface area contributed by atoms with Gasteiger partial charge in [0.15, 0.2) is 5.01 Å². The van der Waals surface area contributed by atoms with Crippen LogP contribution in [0.15, 0.2) is 48.5 Å². The monoisotopic (exact) mass is 452 g/mol. The Balaban J connectivity index is 1.68. The summed E-state index contributed by atoms with van der Waals surface area (Å²) >= 11 is 3.57. The molecule has 1 heterocycles. The maximum Gasteiger partial charge on any atom is 0.325 e. The molecule has 3 aromatic rings. The number of methoxy groups -OCH3 is 1. The predicted octanol–water partition coefficient (Wildman–Crippen LogP) is 4.46. The Morgan fingerprint density at radius 1 is 1.12 bits per heavy atom. The lowest BCUT2D eigenvalue weighted by atomic mass is 10.2. The van der Waals surface area contributed by atoms with Gasteiger partial charge < -0.3 is 10.1 Å². The van der Waals surface area contributed by atoms with E-state index in [2.05, 4.69) is 43.4 Å². The molecule has 0 bridgehead atoms. The second kappa shape index (κ2) is 7.58. The molecule has 0 saturated carbocycles. The van der Waals surface area contributed by atoms with Gasteiger partial charge >= 0.3 is 6.03 Å². The van der Waals surface area contributed by atoms with E-state index in [1.165, 1.54) is 11.3 Å². The minimum Gasteiger partial charge on any atom is -0.497 e. The number of anilines is 2. The van der Waals surface area contributed by atoms with E-state index in [9.17, 15) is 4.79 Å². The molecule has 0 fully saturated rings. The van der Waals surface area contributed by atoms with Crippen molar-refractivity contribution in [3.8, 4) is 16.3 Å². The summed E-state index contributed by atoms with van der Waals surface area (Å²) in [4.78, 5) is 12.1. The van der Waals surface area contributed by atoms with E-state index < -0.39 is 0 Å². The van der Waals surface area contributed by atoms with Gasteiger partial charge in [0, 0.05) is 20.9 Å². The molecule has 24 heavy (non-hydrogen) atoms. The quantitative estimate of drug-likeness (QED) is 0.574. The summed E-state index contributed by atoms with van der Waals surface area (Å²) < 4.78 is 6.21. The first-order chi connectivity index (χ1) is 11.7. The maximum atomic E-state index is 12.1. The number of urea groups is 1. The largest absolute Gasteiger partial charge is 0.497 e. The average Bonchev–Trinajstić information content (AvgIpc) is 3.03. The molecular weight excluding hydrogens is 439 g/mol. The standard InChI is InChI=1S/C16H13IN4O2S/c1-23-11-6-4-5-10(9-11)18-15(22)19-16-21-20-14(24-16)12-7-2-3-8-13(12)17/h2-9H,1H3,(H2,18,19,21,22). The molecule has 0 saturated heterocycles. The van der Waals surface area contributed by atoms with Gasteiger partial charge in [-0.2, -0.15) is 0 Å². The van der Waals surface area contributed by atoms with Crippen LogP contribution in [-0.4, -0.2) is 23.3 Å².